The van der Waals surface area contributed by atoms with Gasteiger partial charge in [-0.2, -0.15) is 5.10 Å². The summed E-state index contributed by atoms with van der Waals surface area (Å²) >= 11 is 0. The molecule has 0 fully saturated rings. The lowest BCUT2D eigenvalue weighted by Crippen LogP contribution is -2.36. The predicted molar refractivity (Wildman–Crippen MR) is 111 cm³/mol. The van der Waals surface area contributed by atoms with Crippen LogP contribution >= 0.6 is 0 Å². The Morgan fingerprint density at radius 3 is 2.72 bits per heavy atom. The van der Waals surface area contributed by atoms with Gasteiger partial charge in [0, 0.05) is 42.0 Å². The number of anilines is 1. The third kappa shape index (κ3) is 3.10. The molecule has 0 bridgehead atoms. The summed E-state index contributed by atoms with van der Waals surface area (Å²) in [5.74, 6) is 0.0818. The quantitative estimate of drug-likeness (QED) is 0.725. The number of hydrogen-bond donors (Lipinski definition) is 2. The van der Waals surface area contributed by atoms with E-state index in [2.05, 4.69) is 22.4 Å². The number of benzene rings is 2. The molecule has 0 radical (unpaired) electrons. The van der Waals surface area contributed by atoms with Gasteiger partial charge in [-0.25, -0.2) is 0 Å². The summed E-state index contributed by atoms with van der Waals surface area (Å²) in [5, 5.41) is 10.4. The van der Waals surface area contributed by atoms with Gasteiger partial charge in [0.05, 0.1) is 12.1 Å². The lowest BCUT2D eigenvalue weighted by Gasteiger charge is -2.27. The zero-order valence-electron chi connectivity index (χ0n) is 16.3. The standard InChI is InChI=1S/C23H22N4O2/c1-2-19-18-13-27(10-9-20(18)26-25-19)23(29)15-5-3-14(4-6-15)16-7-8-17-12-22(28)24-21(17)11-16/h3-8,11H,2,9-10,12-13H2,1H3,(H,24,28)(H,25,26). The van der Waals surface area contributed by atoms with Gasteiger partial charge in [0.2, 0.25) is 5.91 Å². The van der Waals surface area contributed by atoms with Gasteiger partial charge in [-0.1, -0.05) is 31.2 Å². The Morgan fingerprint density at radius 1 is 1.14 bits per heavy atom. The van der Waals surface area contributed by atoms with Crippen LogP contribution in [0, 0.1) is 0 Å². The number of carbonyl (C=O) groups excluding carboxylic acids is 2. The summed E-state index contributed by atoms with van der Waals surface area (Å²) in [4.78, 5) is 26.5. The number of rotatable bonds is 3. The Labute approximate surface area is 168 Å². The van der Waals surface area contributed by atoms with Gasteiger partial charge in [-0.3, -0.25) is 14.7 Å². The molecular formula is C23H22N4O2. The van der Waals surface area contributed by atoms with Crippen molar-refractivity contribution in [3.05, 3.63) is 70.5 Å². The Bertz CT molecular complexity index is 1100. The van der Waals surface area contributed by atoms with Crippen LogP contribution in [-0.2, 0) is 30.6 Å². The fourth-order valence-electron chi connectivity index (χ4n) is 4.20. The van der Waals surface area contributed by atoms with E-state index in [4.69, 9.17) is 0 Å². The summed E-state index contributed by atoms with van der Waals surface area (Å²) in [5.41, 5.74) is 8.02. The van der Waals surface area contributed by atoms with Crippen molar-refractivity contribution < 1.29 is 9.59 Å². The van der Waals surface area contributed by atoms with Gasteiger partial charge >= 0.3 is 0 Å². The molecule has 0 atom stereocenters. The van der Waals surface area contributed by atoms with Crippen molar-refractivity contribution in [3.8, 4) is 11.1 Å². The van der Waals surface area contributed by atoms with Crippen LogP contribution in [0.5, 0.6) is 0 Å². The summed E-state index contributed by atoms with van der Waals surface area (Å²) in [6.07, 6.45) is 2.12. The molecule has 0 spiro atoms. The minimum absolute atomic E-state index is 0.0339. The van der Waals surface area contributed by atoms with Gasteiger partial charge in [-0.15, -0.1) is 0 Å². The van der Waals surface area contributed by atoms with Crippen molar-refractivity contribution in [1.29, 1.82) is 0 Å². The highest BCUT2D eigenvalue weighted by molar-refractivity contribution is 6.00. The molecular weight excluding hydrogens is 364 g/mol. The highest BCUT2D eigenvalue weighted by Crippen LogP contribution is 2.30. The molecule has 29 heavy (non-hydrogen) atoms. The van der Waals surface area contributed by atoms with Crippen molar-refractivity contribution in [1.82, 2.24) is 15.1 Å². The van der Waals surface area contributed by atoms with Crippen molar-refractivity contribution in [2.24, 2.45) is 0 Å². The average Bonchev–Trinajstić information content (AvgIpc) is 3.34. The Hall–Kier alpha value is -3.41. The molecule has 0 saturated carbocycles. The van der Waals surface area contributed by atoms with E-state index < -0.39 is 0 Å². The largest absolute Gasteiger partial charge is 0.334 e. The molecule has 2 aliphatic heterocycles. The van der Waals surface area contributed by atoms with Crippen LogP contribution in [0.1, 0.15) is 39.8 Å². The van der Waals surface area contributed by atoms with Crippen LogP contribution in [0.4, 0.5) is 5.69 Å². The second-order valence-electron chi connectivity index (χ2n) is 7.63. The first kappa shape index (κ1) is 17.7. The van der Waals surface area contributed by atoms with Gasteiger partial charge in [-0.05, 0) is 41.3 Å². The minimum atomic E-state index is 0.0339. The molecule has 1 aromatic heterocycles. The van der Waals surface area contributed by atoms with Crippen LogP contribution < -0.4 is 5.32 Å². The zero-order chi connectivity index (χ0) is 20.0. The number of amides is 2. The first-order valence-electron chi connectivity index (χ1n) is 10.00. The maximum Gasteiger partial charge on any atom is 0.254 e. The van der Waals surface area contributed by atoms with E-state index in [1.54, 1.807) is 0 Å². The van der Waals surface area contributed by atoms with E-state index in [9.17, 15) is 9.59 Å². The molecule has 0 aliphatic carbocycles. The van der Waals surface area contributed by atoms with Gasteiger partial charge < -0.3 is 10.2 Å². The van der Waals surface area contributed by atoms with Crippen molar-refractivity contribution in [3.63, 3.8) is 0 Å². The van der Waals surface area contributed by atoms with E-state index >= 15 is 0 Å². The maximum atomic E-state index is 13.0. The second kappa shape index (κ2) is 6.88. The lowest BCUT2D eigenvalue weighted by atomic mass is 10.00. The Balaban J connectivity index is 1.35. The van der Waals surface area contributed by atoms with E-state index in [0.717, 1.165) is 46.6 Å². The fraction of sp³-hybridized carbons (Fsp3) is 0.261. The smallest absolute Gasteiger partial charge is 0.254 e. The molecule has 5 rings (SSSR count). The monoisotopic (exact) mass is 386 g/mol. The molecule has 0 unspecified atom stereocenters. The number of hydrogen-bond acceptors (Lipinski definition) is 3. The van der Waals surface area contributed by atoms with Crippen molar-refractivity contribution >= 4 is 17.5 Å². The number of aryl methyl sites for hydroxylation is 1. The molecule has 2 aromatic carbocycles. The van der Waals surface area contributed by atoms with Crippen LogP contribution in [0.3, 0.4) is 0 Å². The maximum absolute atomic E-state index is 13.0. The summed E-state index contributed by atoms with van der Waals surface area (Å²) < 4.78 is 0. The topological polar surface area (TPSA) is 78.1 Å². The highest BCUT2D eigenvalue weighted by Gasteiger charge is 2.25. The number of aromatic amines is 1. The summed E-state index contributed by atoms with van der Waals surface area (Å²) in [6, 6.07) is 13.7. The number of H-pyrrole nitrogens is 1. The third-order valence-corrected chi connectivity index (χ3v) is 5.84. The van der Waals surface area contributed by atoms with Gasteiger partial charge in [0.25, 0.3) is 5.91 Å². The SMILES string of the molecule is CCc1n[nH]c2c1CN(C(=O)c1ccc(-c3ccc4c(c3)NC(=O)C4)cc1)CC2. The Morgan fingerprint density at radius 2 is 1.93 bits per heavy atom. The van der Waals surface area contributed by atoms with E-state index in [1.165, 1.54) is 5.56 Å². The fourth-order valence-corrected chi connectivity index (χ4v) is 4.20. The first-order chi connectivity index (χ1) is 14.1. The molecule has 2 amide bonds. The van der Waals surface area contributed by atoms with Crippen molar-refractivity contribution in [2.45, 2.75) is 32.7 Å². The first-order valence-corrected chi connectivity index (χ1v) is 10.00. The van der Waals surface area contributed by atoms with E-state index in [-0.39, 0.29) is 11.8 Å². The zero-order valence-corrected chi connectivity index (χ0v) is 16.3. The molecule has 146 valence electrons. The number of aromatic nitrogens is 2. The number of nitrogens with one attached hydrogen (secondary N) is 2. The number of fused-ring (bicyclic) bond motifs is 2. The van der Waals surface area contributed by atoms with Crippen LogP contribution in [0.2, 0.25) is 0 Å². The van der Waals surface area contributed by atoms with Crippen LogP contribution in [0.15, 0.2) is 42.5 Å². The minimum Gasteiger partial charge on any atom is -0.334 e. The van der Waals surface area contributed by atoms with Crippen LogP contribution in [-0.4, -0.2) is 33.5 Å². The second-order valence-corrected chi connectivity index (χ2v) is 7.63. The molecule has 2 N–H and O–H groups in total. The predicted octanol–water partition coefficient (Wildman–Crippen LogP) is 3.33. The normalized spacial score (nSPS) is 15.1. The average molecular weight is 386 g/mol. The number of nitrogens with zero attached hydrogens (tertiary/aromatic N) is 2. The third-order valence-electron chi connectivity index (χ3n) is 5.84. The van der Waals surface area contributed by atoms with Crippen LogP contribution in [0.25, 0.3) is 11.1 Å². The van der Waals surface area contributed by atoms with Gasteiger partial charge in [0.1, 0.15) is 0 Å². The Kier molecular flexibility index (Phi) is 4.19. The highest BCUT2D eigenvalue weighted by atomic mass is 16.2. The summed E-state index contributed by atoms with van der Waals surface area (Å²) in [6.45, 7) is 3.39. The van der Waals surface area contributed by atoms with Gasteiger partial charge in [0.15, 0.2) is 0 Å². The molecule has 6 nitrogen and oxygen atoms in total. The molecule has 3 heterocycles. The number of carbonyl (C=O) groups is 2. The lowest BCUT2D eigenvalue weighted by molar-refractivity contribution is -0.115. The van der Waals surface area contributed by atoms with E-state index in [0.29, 0.717) is 25.1 Å². The van der Waals surface area contributed by atoms with E-state index in [1.807, 2.05) is 47.4 Å². The molecule has 6 heteroatoms. The summed E-state index contributed by atoms with van der Waals surface area (Å²) in [7, 11) is 0. The van der Waals surface area contributed by atoms with Crippen molar-refractivity contribution in [2.75, 3.05) is 11.9 Å². The molecule has 3 aromatic rings. The molecule has 2 aliphatic rings. The molecule has 0 saturated heterocycles.